The molecule has 0 unspecified atom stereocenters. The van der Waals surface area contributed by atoms with E-state index in [1.165, 1.54) is 0 Å². The maximum absolute atomic E-state index is 13.4. The van der Waals surface area contributed by atoms with Crippen molar-refractivity contribution in [3.8, 4) is 11.5 Å². The fraction of sp³-hybridized carbons (Fsp3) is 0.269. The number of benzene rings is 2. The summed E-state index contributed by atoms with van der Waals surface area (Å²) >= 11 is 0. The number of aromatic nitrogens is 1. The molecular formula is C26H28N2O4. The molecule has 0 spiro atoms. The molecule has 1 aliphatic heterocycles. The van der Waals surface area contributed by atoms with Gasteiger partial charge in [-0.2, -0.15) is 0 Å². The highest BCUT2D eigenvalue weighted by molar-refractivity contribution is 6.13. The number of rotatable bonds is 4. The topological polar surface area (TPSA) is 75.7 Å². The van der Waals surface area contributed by atoms with Crippen molar-refractivity contribution in [2.45, 2.75) is 32.9 Å². The molecule has 0 saturated carbocycles. The molecule has 0 bridgehead atoms. The van der Waals surface area contributed by atoms with Crippen molar-refractivity contribution < 1.29 is 19.0 Å². The molecule has 3 aromatic rings. The molecule has 2 N–H and O–H groups in total. The van der Waals surface area contributed by atoms with Crippen LogP contribution in [0.25, 0.3) is 22.2 Å². The van der Waals surface area contributed by atoms with Crippen molar-refractivity contribution in [3.05, 3.63) is 71.4 Å². The number of nitrogens with zero attached hydrogens (tertiary/aromatic N) is 1. The summed E-state index contributed by atoms with van der Waals surface area (Å²) in [6.07, 6.45) is 2.02. The first kappa shape index (κ1) is 21.6. The average molecular weight is 433 g/mol. The Morgan fingerprint density at radius 3 is 2.38 bits per heavy atom. The van der Waals surface area contributed by atoms with Crippen molar-refractivity contribution in [2.75, 3.05) is 14.2 Å². The van der Waals surface area contributed by atoms with Gasteiger partial charge >= 0.3 is 5.97 Å². The van der Waals surface area contributed by atoms with Gasteiger partial charge < -0.3 is 24.5 Å². The number of esters is 1. The summed E-state index contributed by atoms with van der Waals surface area (Å²) in [5.74, 6) is 0.814. The Labute approximate surface area is 187 Å². The number of fused-ring (bicyclic) bond motifs is 3. The summed E-state index contributed by atoms with van der Waals surface area (Å²) in [4.78, 5) is 13.4. The number of hydrogen-bond donors (Lipinski definition) is 1. The van der Waals surface area contributed by atoms with E-state index in [1.807, 2.05) is 75.4 Å². The second kappa shape index (κ2) is 8.11. The molecule has 0 amide bonds. The van der Waals surface area contributed by atoms with E-state index in [0.29, 0.717) is 29.3 Å². The van der Waals surface area contributed by atoms with E-state index in [0.717, 1.165) is 27.7 Å². The van der Waals surface area contributed by atoms with Crippen LogP contribution in [0.3, 0.4) is 0 Å². The minimum atomic E-state index is -0.651. The molecule has 1 aliphatic rings. The first-order chi connectivity index (χ1) is 15.2. The molecule has 2 heterocycles. The second-order valence-corrected chi connectivity index (χ2v) is 8.65. The lowest BCUT2D eigenvalue weighted by molar-refractivity contribution is -0.149. The number of allylic oxidation sites excluding steroid dienone is 1. The Bertz CT molecular complexity index is 1240. The number of nitrogens with two attached hydrogens (primary N) is 1. The summed E-state index contributed by atoms with van der Waals surface area (Å²) in [7, 11) is 3.22. The lowest BCUT2D eigenvalue weighted by Gasteiger charge is -2.22. The Balaban J connectivity index is 1.98. The highest BCUT2D eigenvalue weighted by Gasteiger charge is 2.30. The third kappa shape index (κ3) is 3.73. The minimum Gasteiger partial charge on any atom is -0.493 e. The van der Waals surface area contributed by atoms with Gasteiger partial charge in [0.05, 0.1) is 36.7 Å². The van der Waals surface area contributed by atoms with Crippen molar-refractivity contribution in [1.82, 2.24) is 4.57 Å². The molecule has 6 heteroatoms. The van der Waals surface area contributed by atoms with Gasteiger partial charge in [-0.3, -0.25) is 0 Å². The summed E-state index contributed by atoms with van der Waals surface area (Å²) < 4.78 is 18.9. The third-order valence-electron chi connectivity index (χ3n) is 5.40. The maximum Gasteiger partial charge on any atom is 0.341 e. The van der Waals surface area contributed by atoms with Crippen LogP contribution >= 0.6 is 0 Å². The molecule has 0 fully saturated rings. The normalized spacial score (nSPS) is 14.0. The standard InChI is InChI=1S/C26H28N2O4/c1-26(2,3)32-25(29)22-17(16-9-7-6-8-10-16)13-14-28-19-11-12-21(30-4)24(31-5)18(19)15-20(28)23(22)27/h6-13,15H,14,27H2,1-5H3. The predicted molar refractivity (Wildman–Crippen MR) is 126 cm³/mol. The van der Waals surface area contributed by atoms with Crippen LogP contribution in [-0.4, -0.2) is 30.4 Å². The van der Waals surface area contributed by atoms with E-state index in [9.17, 15) is 4.79 Å². The molecular weight excluding hydrogens is 404 g/mol. The zero-order valence-electron chi connectivity index (χ0n) is 19.1. The van der Waals surface area contributed by atoms with Gasteiger partial charge in [0.1, 0.15) is 5.60 Å². The smallest absolute Gasteiger partial charge is 0.341 e. The molecule has 166 valence electrons. The Hall–Kier alpha value is -3.67. The summed E-state index contributed by atoms with van der Waals surface area (Å²) in [5, 5.41) is 0.866. The first-order valence-electron chi connectivity index (χ1n) is 10.5. The Kier molecular flexibility index (Phi) is 5.46. The third-order valence-corrected chi connectivity index (χ3v) is 5.40. The highest BCUT2D eigenvalue weighted by atomic mass is 16.6. The zero-order valence-corrected chi connectivity index (χ0v) is 19.1. The van der Waals surface area contributed by atoms with Crippen molar-refractivity contribution in [3.63, 3.8) is 0 Å². The van der Waals surface area contributed by atoms with Gasteiger partial charge in [0.15, 0.2) is 11.5 Å². The highest BCUT2D eigenvalue weighted by Crippen LogP contribution is 2.41. The van der Waals surface area contributed by atoms with Crippen molar-refractivity contribution >= 4 is 28.1 Å². The lowest BCUT2D eigenvalue weighted by Crippen LogP contribution is -2.26. The van der Waals surface area contributed by atoms with Crippen LogP contribution in [-0.2, 0) is 16.1 Å². The molecule has 0 saturated heterocycles. The van der Waals surface area contributed by atoms with Gasteiger partial charge in [-0.25, -0.2) is 4.79 Å². The summed E-state index contributed by atoms with van der Waals surface area (Å²) in [6, 6.07) is 15.5. The van der Waals surface area contributed by atoms with Crippen LogP contribution in [0.4, 0.5) is 0 Å². The van der Waals surface area contributed by atoms with E-state index in [-0.39, 0.29) is 0 Å². The molecule has 32 heavy (non-hydrogen) atoms. The number of methoxy groups -OCH3 is 2. The number of hydrogen-bond acceptors (Lipinski definition) is 5. The van der Waals surface area contributed by atoms with Crippen LogP contribution in [0, 0.1) is 0 Å². The van der Waals surface area contributed by atoms with E-state index in [1.54, 1.807) is 14.2 Å². The molecule has 2 aromatic carbocycles. The summed E-state index contributed by atoms with van der Waals surface area (Å²) in [5.41, 5.74) is 10.1. The van der Waals surface area contributed by atoms with E-state index < -0.39 is 11.6 Å². The predicted octanol–water partition coefficient (Wildman–Crippen LogP) is 4.77. The molecule has 0 radical (unpaired) electrons. The summed E-state index contributed by atoms with van der Waals surface area (Å²) in [6.45, 7) is 6.07. The monoisotopic (exact) mass is 432 g/mol. The Morgan fingerprint density at radius 1 is 1.03 bits per heavy atom. The van der Waals surface area contributed by atoms with E-state index >= 15 is 0 Å². The first-order valence-corrected chi connectivity index (χ1v) is 10.5. The maximum atomic E-state index is 13.4. The second-order valence-electron chi connectivity index (χ2n) is 8.65. The minimum absolute atomic E-state index is 0.360. The van der Waals surface area contributed by atoms with Gasteiger partial charge in [-0.1, -0.05) is 36.4 Å². The van der Waals surface area contributed by atoms with Gasteiger partial charge in [0.25, 0.3) is 0 Å². The van der Waals surface area contributed by atoms with Crippen molar-refractivity contribution in [2.24, 2.45) is 5.73 Å². The van der Waals surface area contributed by atoms with Gasteiger partial charge in [0.2, 0.25) is 0 Å². The number of carbonyl (C=O) groups excluding carboxylic acids is 1. The molecule has 0 atom stereocenters. The van der Waals surface area contributed by atoms with E-state index in [2.05, 4.69) is 4.57 Å². The van der Waals surface area contributed by atoms with Crippen LogP contribution in [0.5, 0.6) is 11.5 Å². The van der Waals surface area contributed by atoms with Crippen LogP contribution in [0.15, 0.2) is 60.2 Å². The fourth-order valence-electron chi connectivity index (χ4n) is 4.07. The SMILES string of the molecule is COc1ccc2c(cc3n2CC=C(c2ccccc2)C(C(=O)OC(C)(C)C)=C3N)c1OC. The van der Waals surface area contributed by atoms with Gasteiger partial charge in [0, 0.05) is 11.9 Å². The lowest BCUT2D eigenvalue weighted by atomic mass is 9.95. The van der Waals surface area contributed by atoms with Gasteiger partial charge in [-0.15, -0.1) is 0 Å². The zero-order chi connectivity index (χ0) is 23.0. The van der Waals surface area contributed by atoms with E-state index in [4.69, 9.17) is 19.9 Å². The fourth-order valence-corrected chi connectivity index (χ4v) is 4.07. The number of carbonyl (C=O) groups is 1. The molecule has 4 rings (SSSR count). The number of ether oxygens (including phenoxy) is 3. The quantitative estimate of drug-likeness (QED) is 0.601. The average Bonchev–Trinajstić information content (AvgIpc) is 3.06. The van der Waals surface area contributed by atoms with Crippen LogP contribution < -0.4 is 15.2 Å². The molecule has 6 nitrogen and oxygen atoms in total. The van der Waals surface area contributed by atoms with Crippen LogP contribution in [0.2, 0.25) is 0 Å². The molecule has 1 aromatic heterocycles. The Morgan fingerprint density at radius 2 is 1.75 bits per heavy atom. The van der Waals surface area contributed by atoms with Crippen molar-refractivity contribution in [1.29, 1.82) is 0 Å². The van der Waals surface area contributed by atoms with Crippen LogP contribution in [0.1, 0.15) is 32.0 Å². The van der Waals surface area contributed by atoms with Gasteiger partial charge in [-0.05, 0) is 50.1 Å². The molecule has 0 aliphatic carbocycles. The largest absolute Gasteiger partial charge is 0.493 e.